The normalized spacial score (nSPS) is 10.8. The van der Waals surface area contributed by atoms with Crippen molar-refractivity contribution in [3.8, 4) is 11.5 Å². The first kappa shape index (κ1) is 25.3. The Hall–Kier alpha value is -2.94. The second kappa shape index (κ2) is 13.5. The number of ether oxygens (including phenoxy) is 2. The molecule has 0 spiro atoms. The number of carbonyl (C=O) groups is 2. The van der Waals surface area contributed by atoms with Gasteiger partial charge < -0.3 is 14.8 Å². The number of halogens is 2. The molecule has 0 heterocycles. The number of benzene rings is 2. The smallest absolute Gasteiger partial charge is 0.240 e. The van der Waals surface area contributed by atoms with Crippen molar-refractivity contribution in [1.82, 2.24) is 5.43 Å². The van der Waals surface area contributed by atoms with Crippen LogP contribution in [-0.4, -0.2) is 31.2 Å². The van der Waals surface area contributed by atoms with E-state index in [1.54, 1.807) is 18.2 Å². The predicted molar refractivity (Wildman–Crippen MR) is 126 cm³/mol. The molecule has 0 fully saturated rings. The predicted octanol–water partition coefficient (Wildman–Crippen LogP) is 5.03. The molecule has 0 atom stereocenters. The first-order valence-electron chi connectivity index (χ1n) is 10.4. The molecule has 0 aliphatic heterocycles. The van der Waals surface area contributed by atoms with Crippen molar-refractivity contribution in [3.05, 3.63) is 52.3 Å². The molecule has 7 nitrogen and oxygen atoms in total. The molecule has 0 aliphatic carbocycles. The van der Waals surface area contributed by atoms with Gasteiger partial charge in [0.05, 0.1) is 29.6 Å². The summed E-state index contributed by atoms with van der Waals surface area (Å²) in [4.78, 5) is 23.9. The summed E-state index contributed by atoms with van der Waals surface area (Å²) < 4.78 is 25.7. The number of hydrazone groups is 1. The average Bonchev–Trinajstić information content (AvgIpc) is 2.76. The fourth-order valence-electron chi connectivity index (χ4n) is 2.62. The van der Waals surface area contributed by atoms with Crippen LogP contribution in [0.4, 0.5) is 10.1 Å². The largest absolute Gasteiger partial charge is 0.490 e. The maximum absolute atomic E-state index is 13.6. The van der Waals surface area contributed by atoms with Gasteiger partial charge in [-0.05, 0) is 59.1 Å². The number of hydrogen-bond donors (Lipinski definition) is 2. The summed E-state index contributed by atoms with van der Waals surface area (Å²) in [5.74, 6) is -0.223. The number of para-hydroxylation sites is 1. The fourth-order valence-corrected chi connectivity index (χ4v) is 3.20. The molecule has 0 saturated heterocycles. The molecular weight excluding hydrogens is 481 g/mol. The number of unbranched alkanes of at least 4 members (excludes halogenated alkanes) is 1. The molecule has 0 radical (unpaired) electrons. The topological polar surface area (TPSA) is 89.0 Å². The summed E-state index contributed by atoms with van der Waals surface area (Å²) in [7, 11) is 0. The van der Waals surface area contributed by atoms with Gasteiger partial charge in [-0.3, -0.25) is 9.59 Å². The Balaban J connectivity index is 1.88. The minimum absolute atomic E-state index is 0.0775. The van der Waals surface area contributed by atoms with Crippen molar-refractivity contribution in [2.24, 2.45) is 5.10 Å². The lowest BCUT2D eigenvalue weighted by molar-refractivity contribution is -0.124. The third kappa shape index (κ3) is 8.30. The summed E-state index contributed by atoms with van der Waals surface area (Å²) in [6.07, 6.45) is 3.25. The molecular formula is C23H27BrFN3O4. The molecule has 0 unspecified atom stereocenters. The Morgan fingerprint density at radius 3 is 2.59 bits per heavy atom. The van der Waals surface area contributed by atoms with E-state index in [9.17, 15) is 14.0 Å². The molecule has 2 N–H and O–H groups in total. The summed E-state index contributed by atoms with van der Waals surface area (Å²) in [6.45, 7) is 5.03. The molecule has 0 bridgehead atoms. The summed E-state index contributed by atoms with van der Waals surface area (Å²) >= 11 is 3.49. The molecule has 2 aromatic carbocycles. The fraction of sp³-hybridized carbons (Fsp3) is 0.348. The number of carbonyl (C=O) groups excluding carboxylic acids is 2. The highest BCUT2D eigenvalue weighted by molar-refractivity contribution is 9.10. The number of nitrogens with zero attached hydrogens (tertiary/aromatic N) is 1. The quantitative estimate of drug-likeness (QED) is 0.239. The zero-order valence-electron chi connectivity index (χ0n) is 18.1. The van der Waals surface area contributed by atoms with Crippen LogP contribution in [0, 0.1) is 5.82 Å². The third-order valence-electron chi connectivity index (χ3n) is 4.21. The Labute approximate surface area is 195 Å². The van der Waals surface area contributed by atoms with Crippen LogP contribution < -0.4 is 20.2 Å². The van der Waals surface area contributed by atoms with Crippen LogP contribution in [0.15, 0.2) is 46.0 Å². The molecule has 2 rings (SSSR count). The molecule has 32 heavy (non-hydrogen) atoms. The van der Waals surface area contributed by atoms with Crippen molar-refractivity contribution in [1.29, 1.82) is 0 Å². The maximum atomic E-state index is 13.6. The average molecular weight is 508 g/mol. The lowest BCUT2D eigenvalue weighted by atomic mass is 10.2. The molecule has 0 saturated carbocycles. The minimum Gasteiger partial charge on any atom is -0.490 e. The lowest BCUT2D eigenvalue weighted by Crippen LogP contribution is -2.21. The summed E-state index contributed by atoms with van der Waals surface area (Å²) in [5.41, 5.74) is 3.15. The Morgan fingerprint density at radius 1 is 1.12 bits per heavy atom. The Bertz CT molecular complexity index is 953. The van der Waals surface area contributed by atoms with Gasteiger partial charge >= 0.3 is 0 Å². The SMILES string of the molecule is CCCCOc1c(Br)cc(C=NNC(=O)CCC(=O)Nc2ccccc2F)cc1OCC. The molecule has 2 amide bonds. The Morgan fingerprint density at radius 2 is 1.88 bits per heavy atom. The van der Waals surface area contributed by atoms with E-state index in [1.807, 2.05) is 6.92 Å². The first-order valence-corrected chi connectivity index (χ1v) is 11.2. The van der Waals surface area contributed by atoms with Crippen LogP contribution in [-0.2, 0) is 9.59 Å². The van der Waals surface area contributed by atoms with E-state index < -0.39 is 17.6 Å². The minimum atomic E-state index is -0.533. The highest BCUT2D eigenvalue weighted by atomic mass is 79.9. The van der Waals surface area contributed by atoms with Gasteiger partial charge in [-0.2, -0.15) is 5.10 Å². The monoisotopic (exact) mass is 507 g/mol. The highest BCUT2D eigenvalue weighted by Crippen LogP contribution is 2.36. The van der Waals surface area contributed by atoms with Crippen LogP contribution in [0.3, 0.4) is 0 Å². The van der Waals surface area contributed by atoms with Crippen LogP contribution in [0.2, 0.25) is 0 Å². The summed E-state index contributed by atoms with van der Waals surface area (Å²) in [6, 6.07) is 9.41. The van der Waals surface area contributed by atoms with Gasteiger partial charge in [0.1, 0.15) is 5.82 Å². The van der Waals surface area contributed by atoms with Gasteiger partial charge in [0.2, 0.25) is 11.8 Å². The van der Waals surface area contributed by atoms with Gasteiger partial charge in [0, 0.05) is 12.8 Å². The second-order valence-electron chi connectivity index (χ2n) is 6.79. The molecule has 0 aliphatic rings. The number of nitrogens with one attached hydrogen (secondary N) is 2. The maximum Gasteiger partial charge on any atom is 0.240 e. The second-order valence-corrected chi connectivity index (χ2v) is 7.64. The van der Waals surface area contributed by atoms with E-state index in [2.05, 4.69) is 38.7 Å². The summed E-state index contributed by atoms with van der Waals surface area (Å²) in [5, 5.41) is 6.36. The molecule has 9 heteroatoms. The van der Waals surface area contributed by atoms with Crippen molar-refractivity contribution in [2.45, 2.75) is 39.5 Å². The lowest BCUT2D eigenvalue weighted by Gasteiger charge is -2.14. The van der Waals surface area contributed by atoms with Crippen LogP contribution >= 0.6 is 15.9 Å². The van der Waals surface area contributed by atoms with Gasteiger partial charge in [-0.15, -0.1) is 0 Å². The zero-order chi connectivity index (χ0) is 23.3. The van der Waals surface area contributed by atoms with E-state index in [0.29, 0.717) is 30.3 Å². The van der Waals surface area contributed by atoms with E-state index in [0.717, 1.165) is 17.3 Å². The number of anilines is 1. The number of rotatable bonds is 12. The highest BCUT2D eigenvalue weighted by Gasteiger charge is 2.12. The van der Waals surface area contributed by atoms with Gasteiger partial charge in [-0.25, -0.2) is 9.82 Å². The first-order chi connectivity index (χ1) is 15.4. The standard InChI is InChI=1S/C23H27BrFN3O4/c1-3-5-12-32-23-17(24)13-16(14-20(23)31-4-2)15-26-28-22(30)11-10-21(29)27-19-9-7-6-8-18(19)25/h6-9,13-15H,3-5,10-12H2,1-2H3,(H,27,29)(H,28,30). The third-order valence-corrected chi connectivity index (χ3v) is 4.79. The van der Waals surface area contributed by atoms with Crippen molar-refractivity contribution >= 4 is 39.6 Å². The molecule has 0 aromatic heterocycles. The number of hydrogen-bond acceptors (Lipinski definition) is 5. The van der Waals surface area contributed by atoms with Crippen molar-refractivity contribution in [2.75, 3.05) is 18.5 Å². The Kier molecular flexibility index (Phi) is 10.7. The van der Waals surface area contributed by atoms with E-state index in [-0.39, 0.29) is 18.5 Å². The van der Waals surface area contributed by atoms with Gasteiger partial charge in [0.15, 0.2) is 11.5 Å². The van der Waals surface area contributed by atoms with Crippen LogP contribution in [0.25, 0.3) is 0 Å². The molecule has 172 valence electrons. The van der Waals surface area contributed by atoms with E-state index in [4.69, 9.17) is 9.47 Å². The molecule has 2 aromatic rings. The number of amides is 2. The van der Waals surface area contributed by atoms with Gasteiger partial charge in [-0.1, -0.05) is 25.5 Å². The van der Waals surface area contributed by atoms with Gasteiger partial charge in [0.25, 0.3) is 0 Å². The van der Waals surface area contributed by atoms with E-state index >= 15 is 0 Å². The van der Waals surface area contributed by atoms with E-state index in [1.165, 1.54) is 24.4 Å². The van der Waals surface area contributed by atoms with Crippen molar-refractivity contribution < 1.29 is 23.5 Å². The van der Waals surface area contributed by atoms with Crippen LogP contribution in [0.5, 0.6) is 11.5 Å². The van der Waals surface area contributed by atoms with Crippen LogP contribution in [0.1, 0.15) is 45.1 Å². The van der Waals surface area contributed by atoms with Crippen molar-refractivity contribution in [3.63, 3.8) is 0 Å². The zero-order valence-corrected chi connectivity index (χ0v) is 19.7.